The van der Waals surface area contributed by atoms with Crippen LogP contribution in [0.25, 0.3) is 0 Å². The zero-order valence-corrected chi connectivity index (χ0v) is 11.3. The molecule has 1 atom stereocenters. The van der Waals surface area contributed by atoms with E-state index in [1.54, 1.807) is 18.2 Å². The largest absolute Gasteiger partial charge is 0.486 e. The molecule has 1 N–H and O–H groups in total. The third-order valence-electron chi connectivity index (χ3n) is 2.95. The summed E-state index contributed by atoms with van der Waals surface area (Å²) in [5, 5.41) is 3.03. The van der Waals surface area contributed by atoms with Crippen LogP contribution in [0.15, 0.2) is 48.5 Å². The van der Waals surface area contributed by atoms with E-state index in [0.29, 0.717) is 12.2 Å². The SMILES string of the molecule is CNCCC(Oc1cccc(F)c1)c1cccc(F)c1. The van der Waals surface area contributed by atoms with Gasteiger partial charge in [-0.25, -0.2) is 8.78 Å². The summed E-state index contributed by atoms with van der Waals surface area (Å²) in [5.41, 5.74) is 0.740. The molecule has 2 aromatic rings. The highest BCUT2D eigenvalue weighted by molar-refractivity contribution is 5.25. The van der Waals surface area contributed by atoms with Gasteiger partial charge in [-0.3, -0.25) is 0 Å². The van der Waals surface area contributed by atoms with Gasteiger partial charge in [0.1, 0.15) is 23.5 Å². The van der Waals surface area contributed by atoms with E-state index in [9.17, 15) is 8.78 Å². The van der Waals surface area contributed by atoms with Crippen molar-refractivity contribution in [3.8, 4) is 5.75 Å². The first kappa shape index (κ1) is 14.5. The van der Waals surface area contributed by atoms with Gasteiger partial charge in [0.25, 0.3) is 0 Å². The highest BCUT2D eigenvalue weighted by Gasteiger charge is 2.14. The average Bonchev–Trinajstić information content (AvgIpc) is 2.43. The Morgan fingerprint density at radius 2 is 1.75 bits per heavy atom. The quantitative estimate of drug-likeness (QED) is 0.869. The summed E-state index contributed by atoms with van der Waals surface area (Å²) in [5.74, 6) is -0.218. The zero-order valence-electron chi connectivity index (χ0n) is 11.3. The maximum atomic E-state index is 13.3. The molecule has 2 aromatic carbocycles. The summed E-state index contributed by atoms with van der Waals surface area (Å²) >= 11 is 0. The Kier molecular flexibility index (Phi) is 5.07. The lowest BCUT2D eigenvalue weighted by atomic mass is 10.1. The second-order valence-corrected chi connectivity index (χ2v) is 4.51. The van der Waals surface area contributed by atoms with Crippen molar-refractivity contribution in [2.24, 2.45) is 0 Å². The summed E-state index contributed by atoms with van der Waals surface area (Å²) in [6.07, 6.45) is 0.344. The first-order chi connectivity index (χ1) is 9.69. The van der Waals surface area contributed by atoms with Crippen LogP contribution in [0.2, 0.25) is 0 Å². The molecule has 0 amide bonds. The van der Waals surface area contributed by atoms with Crippen molar-refractivity contribution in [3.63, 3.8) is 0 Å². The first-order valence-corrected chi connectivity index (χ1v) is 6.51. The highest BCUT2D eigenvalue weighted by Crippen LogP contribution is 2.25. The molecular weight excluding hydrogens is 260 g/mol. The number of nitrogens with one attached hydrogen (secondary N) is 1. The van der Waals surface area contributed by atoms with E-state index < -0.39 is 0 Å². The fraction of sp³-hybridized carbons (Fsp3) is 0.250. The molecule has 2 nitrogen and oxygen atoms in total. The van der Waals surface area contributed by atoms with Crippen molar-refractivity contribution in [3.05, 3.63) is 65.7 Å². The molecule has 0 aliphatic rings. The van der Waals surface area contributed by atoms with Crippen molar-refractivity contribution in [2.75, 3.05) is 13.6 Å². The number of halogens is 2. The third kappa shape index (κ3) is 4.03. The number of benzene rings is 2. The molecule has 0 saturated heterocycles. The van der Waals surface area contributed by atoms with Crippen LogP contribution in [0, 0.1) is 11.6 Å². The molecule has 0 saturated carbocycles. The van der Waals surface area contributed by atoms with Gasteiger partial charge in [0.05, 0.1) is 0 Å². The molecule has 1 unspecified atom stereocenters. The molecule has 0 aromatic heterocycles. The van der Waals surface area contributed by atoms with Crippen molar-refractivity contribution in [2.45, 2.75) is 12.5 Å². The minimum Gasteiger partial charge on any atom is -0.486 e. The van der Waals surface area contributed by atoms with Gasteiger partial charge in [-0.15, -0.1) is 0 Å². The Morgan fingerprint density at radius 1 is 1.05 bits per heavy atom. The molecule has 0 bridgehead atoms. The minimum atomic E-state index is -0.353. The fourth-order valence-electron chi connectivity index (χ4n) is 1.98. The molecule has 4 heteroatoms. The summed E-state index contributed by atoms with van der Waals surface area (Å²) < 4.78 is 32.3. The fourth-order valence-corrected chi connectivity index (χ4v) is 1.98. The van der Waals surface area contributed by atoms with Crippen LogP contribution >= 0.6 is 0 Å². The zero-order chi connectivity index (χ0) is 14.4. The molecule has 0 heterocycles. The Balaban J connectivity index is 2.19. The van der Waals surface area contributed by atoms with E-state index in [2.05, 4.69) is 5.32 Å². The standard InChI is InChI=1S/C16H17F2NO/c1-19-9-8-16(12-4-2-5-13(17)10-12)20-15-7-3-6-14(18)11-15/h2-7,10-11,16,19H,8-9H2,1H3. The van der Waals surface area contributed by atoms with Crippen LogP contribution in [0.4, 0.5) is 8.78 Å². The molecule has 0 fully saturated rings. The van der Waals surface area contributed by atoms with Gasteiger partial charge in [-0.05, 0) is 43.4 Å². The molecule has 2 rings (SSSR count). The Hall–Kier alpha value is -1.94. The lowest BCUT2D eigenvalue weighted by Gasteiger charge is -2.19. The number of hydrogen-bond donors (Lipinski definition) is 1. The van der Waals surface area contributed by atoms with Crippen LogP contribution in [0.1, 0.15) is 18.1 Å². The molecule has 0 aliphatic carbocycles. The highest BCUT2D eigenvalue weighted by atomic mass is 19.1. The van der Waals surface area contributed by atoms with Gasteiger partial charge in [0, 0.05) is 12.5 Å². The van der Waals surface area contributed by atoms with E-state index in [1.165, 1.54) is 24.3 Å². The van der Waals surface area contributed by atoms with Gasteiger partial charge in [0.15, 0.2) is 0 Å². The van der Waals surface area contributed by atoms with Gasteiger partial charge in [-0.2, -0.15) is 0 Å². The van der Waals surface area contributed by atoms with Crippen LogP contribution in [0.3, 0.4) is 0 Å². The molecule has 0 radical (unpaired) electrons. The van der Waals surface area contributed by atoms with Gasteiger partial charge in [-0.1, -0.05) is 18.2 Å². The lowest BCUT2D eigenvalue weighted by molar-refractivity contribution is 0.194. The van der Waals surface area contributed by atoms with E-state index in [4.69, 9.17) is 4.74 Å². The molecule has 106 valence electrons. The van der Waals surface area contributed by atoms with Crippen molar-refractivity contribution < 1.29 is 13.5 Å². The van der Waals surface area contributed by atoms with Gasteiger partial charge >= 0.3 is 0 Å². The smallest absolute Gasteiger partial charge is 0.126 e. The lowest BCUT2D eigenvalue weighted by Crippen LogP contribution is -2.16. The molecular formula is C16H17F2NO. The summed E-state index contributed by atoms with van der Waals surface area (Å²) in [4.78, 5) is 0. The van der Waals surface area contributed by atoms with Crippen molar-refractivity contribution in [1.29, 1.82) is 0 Å². The summed E-state index contributed by atoms with van der Waals surface area (Å²) in [6, 6.07) is 12.2. The Morgan fingerprint density at radius 3 is 2.40 bits per heavy atom. The number of rotatable bonds is 6. The molecule has 20 heavy (non-hydrogen) atoms. The summed E-state index contributed by atoms with van der Waals surface area (Å²) in [7, 11) is 1.84. The average molecular weight is 277 g/mol. The Bertz CT molecular complexity index is 560. The monoisotopic (exact) mass is 277 g/mol. The van der Waals surface area contributed by atoms with Crippen LogP contribution in [-0.4, -0.2) is 13.6 Å². The predicted octanol–water partition coefficient (Wildman–Crippen LogP) is 3.69. The normalized spacial score (nSPS) is 12.2. The van der Waals surface area contributed by atoms with Gasteiger partial charge in [0.2, 0.25) is 0 Å². The number of ether oxygens (including phenoxy) is 1. The maximum Gasteiger partial charge on any atom is 0.126 e. The second kappa shape index (κ2) is 7.01. The van der Waals surface area contributed by atoms with Gasteiger partial charge < -0.3 is 10.1 Å². The van der Waals surface area contributed by atoms with Crippen molar-refractivity contribution >= 4 is 0 Å². The van der Waals surface area contributed by atoms with E-state index in [-0.39, 0.29) is 17.7 Å². The van der Waals surface area contributed by atoms with E-state index >= 15 is 0 Å². The van der Waals surface area contributed by atoms with Crippen LogP contribution < -0.4 is 10.1 Å². The first-order valence-electron chi connectivity index (χ1n) is 6.51. The van der Waals surface area contributed by atoms with Crippen LogP contribution in [0.5, 0.6) is 5.75 Å². The number of hydrogen-bond acceptors (Lipinski definition) is 2. The minimum absolute atomic E-state index is 0.306. The third-order valence-corrected chi connectivity index (χ3v) is 2.95. The van der Waals surface area contributed by atoms with Crippen molar-refractivity contribution in [1.82, 2.24) is 5.32 Å². The molecule has 0 spiro atoms. The van der Waals surface area contributed by atoms with E-state index in [1.807, 2.05) is 13.1 Å². The topological polar surface area (TPSA) is 21.3 Å². The predicted molar refractivity (Wildman–Crippen MR) is 74.7 cm³/mol. The second-order valence-electron chi connectivity index (χ2n) is 4.51. The molecule has 0 aliphatic heterocycles. The Labute approximate surface area is 117 Å². The van der Waals surface area contributed by atoms with Crippen LogP contribution in [-0.2, 0) is 0 Å². The summed E-state index contributed by atoms with van der Waals surface area (Å²) in [6.45, 7) is 0.719. The van der Waals surface area contributed by atoms with E-state index in [0.717, 1.165) is 12.1 Å². The maximum absolute atomic E-state index is 13.3.